The van der Waals surface area contributed by atoms with Crippen LogP contribution >= 0.6 is 11.8 Å². The Morgan fingerprint density at radius 3 is 2.38 bits per heavy atom. The molecule has 0 fully saturated rings. The van der Waals surface area contributed by atoms with Gasteiger partial charge in [-0.1, -0.05) is 36.4 Å². The van der Waals surface area contributed by atoms with Gasteiger partial charge in [0.2, 0.25) is 0 Å². The van der Waals surface area contributed by atoms with Crippen LogP contribution in [0.1, 0.15) is 5.56 Å². The molecule has 0 saturated carbocycles. The predicted molar refractivity (Wildman–Crippen MR) is 91.2 cm³/mol. The zero-order valence-electron chi connectivity index (χ0n) is 11.8. The van der Waals surface area contributed by atoms with E-state index in [-0.39, 0.29) is 0 Å². The molecular formula is C18H17NOS. The molecule has 0 aliphatic rings. The second-order valence-electron chi connectivity index (χ2n) is 4.88. The van der Waals surface area contributed by atoms with Crippen LogP contribution in [-0.4, -0.2) is 11.4 Å². The molecule has 3 heteroatoms. The average molecular weight is 295 g/mol. The Balaban J connectivity index is 1.83. The second-order valence-corrected chi connectivity index (χ2v) is 5.76. The number of anilines is 1. The van der Waals surface area contributed by atoms with Gasteiger partial charge in [-0.2, -0.15) is 0 Å². The number of phenols is 1. The summed E-state index contributed by atoms with van der Waals surface area (Å²) in [5.41, 5.74) is 2.28. The van der Waals surface area contributed by atoms with Crippen molar-refractivity contribution in [3.05, 3.63) is 66.2 Å². The van der Waals surface area contributed by atoms with Crippen molar-refractivity contribution in [1.82, 2.24) is 0 Å². The monoisotopic (exact) mass is 295 g/mol. The summed E-state index contributed by atoms with van der Waals surface area (Å²) in [5.74, 6) is 0.320. The van der Waals surface area contributed by atoms with Gasteiger partial charge in [0.25, 0.3) is 0 Å². The Morgan fingerprint density at radius 2 is 1.62 bits per heavy atom. The predicted octanol–water partition coefficient (Wildman–Crippen LogP) is 4.88. The van der Waals surface area contributed by atoms with Crippen LogP contribution in [0.2, 0.25) is 0 Å². The lowest BCUT2D eigenvalue weighted by molar-refractivity contribution is 0.481. The number of fused-ring (bicyclic) bond motifs is 1. The van der Waals surface area contributed by atoms with Crippen molar-refractivity contribution in [2.75, 3.05) is 11.6 Å². The molecule has 0 bridgehead atoms. The van der Waals surface area contributed by atoms with E-state index in [1.165, 1.54) is 10.5 Å². The summed E-state index contributed by atoms with van der Waals surface area (Å²) in [6.45, 7) is 0.767. The Morgan fingerprint density at radius 1 is 0.905 bits per heavy atom. The summed E-state index contributed by atoms with van der Waals surface area (Å²) in [5, 5.41) is 15.3. The number of rotatable bonds is 4. The summed E-state index contributed by atoms with van der Waals surface area (Å²) in [7, 11) is 0. The van der Waals surface area contributed by atoms with Crippen molar-refractivity contribution in [3.63, 3.8) is 0 Å². The van der Waals surface area contributed by atoms with E-state index < -0.39 is 0 Å². The largest absolute Gasteiger partial charge is 0.507 e. The molecule has 0 radical (unpaired) electrons. The summed E-state index contributed by atoms with van der Waals surface area (Å²) in [6, 6.07) is 20.1. The van der Waals surface area contributed by atoms with Crippen LogP contribution < -0.4 is 5.32 Å². The number of phenolic OH excluding ortho intramolecular Hbond substituents is 1. The van der Waals surface area contributed by atoms with Gasteiger partial charge in [-0.05, 0) is 36.1 Å². The van der Waals surface area contributed by atoms with Crippen LogP contribution in [0.25, 0.3) is 10.8 Å². The maximum atomic E-state index is 9.91. The number of hydrogen-bond donors (Lipinski definition) is 2. The molecule has 0 spiro atoms. The van der Waals surface area contributed by atoms with Gasteiger partial charge in [0, 0.05) is 27.9 Å². The Kier molecular flexibility index (Phi) is 4.02. The van der Waals surface area contributed by atoms with Crippen LogP contribution in [0.4, 0.5) is 5.69 Å². The maximum absolute atomic E-state index is 9.91. The summed E-state index contributed by atoms with van der Waals surface area (Å²) >= 11 is 1.75. The van der Waals surface area contributed by atoms with Crippen molar-refractivity contribution >= 4 is 28.2 Å². The van der Waals surface area contributed by atoms with Crippen molar-refractivity contribution in [1.29, 1.82) is 0 Å². The molecule has 0 heterocycles. The zero-order chi connectivity index (χ0) is 14.7. The Bertz CT molecular complexity index is 753. The Labute approximate surface area is 128 Å². The van der Waals surface area contributed by atoms with E-state index in [1.807, 2.05) is 30.3 Å². The topological polar surface area (TPSA) is 32.3 Å². The lowest BCUT2D eigenvalue weighted by atomic mass is 10.1. The number of aromatic hydroxyl groups is 1. The van der Waals surface area contributed by atoms with E-state index in [0.29, 0.717) is 5.75 Å². The average Bonchev–Trinajstić information content (AvgIpc) is 2.54. The first kappa shape index (κ1) is 13.8. The molecule has 0 aromatic heterocycles. The quantitative estimate of drug-likeness (QED) is 0.673. The van der Waals surface area contributed by atoms with Crippen molar-refractivity contribution in [2.45, 2.75) is 11.4 Å². The van der Waals surface area contributed by atoms with Crippen molar-refractivity contribution in [2.24, 2.45) is 0 Å². The molecule has 0 atom stereocenters. The van der Waals surface area contributed by atoms with Crippen LogP contribution in [0.15, 0.2) is 65.6 Å². The normalized spacial score (nSPS) is 10.7. The van der Waals surface area contributed by atoms with Crippen LogP contribution in [0.5, 0.6) is 5.75 Å². The SMILES string of the molecule is CSc1ccc(CNc2cccc3c(O)cccc23)cc1. The minimum atomic E-state index is 0.320. The van der Waals surface area contributed by atoms with Gasteiger partial charge in [0.15, 0.2) is 0 Å². The van der Waals surface area contributed by atoms with E-state index in [9.17, 15) is 5.11 Å². The molecule has 3 aromatic rings. The first-order valence-corrected chi connectivity index (χ1v) is 8.08. The molecule has 3 aromatic carbocycles. The fourth-order valence-electron chi connectivity index (χ4n) is 2.39. The fraction of sp³-hybridized carbons (Fsp3) is 0.111. The molecule has 106 valence electrons. The molecule has 0 unspecified atom stereocenters. The maximum Gasteiger partial charge on any atom is 0.123 e. The zero-order valence-corrected chi connectivity index (χ0v) is 12.7. The molecule has 2 N–H and O–H groups in total. The summed E-state index contributed by atoms with van der Waals surface area (Å²) in [6.07, 6.45) is 2.08. The molecule has 0 aliphatic heterocycles. The van der Waals surface area contributed by atoms with Gasteiger partial charge in [-0.3, -0.25) is 0 Å². The van der Waals surface area contributed by atoms with Crippen molar-refractivity contribution < 1.29 is 5.11 Å². The van der Waals surface area contributed by atoms with Gasteiger partial charge in [0.1, 0.15) is 5.75 Å². The number of benzene rings is 3. The highest BCUT2D eigenvalue weighted by Crippen LogP contribution is 2.30. The van der Waals surface area contributed by atoms with Crippen LogP contribution in [0, 0.1) is 0 Å². The third-order valence-corrected chi connectivity index (χ3v) is 4.28. The van der Waals surface area contributed by atoms with Gasteiger partial charge in [-0.15, -0.1) is 11.8 Å². The van der Waals surface area contributed by atoms with Crippen molar-refractivity contribution in [3.8, 4) is 5.75 Å². The smallest absolute Gasteiger partial charge is 0.123 e. The van der Waals surface area contributed by atoms with Gasteiger partial charge < -0.3 is 10.4 Å². The molecule has 3 rings (SSSR count). The summed E-state index contributed by atoms with van der Waals surface area (Å²) in [4.78, 5) is 1.27. The molecule has 0 aliphatic carbocycles. The van der Waals surface area contributed by atoms with Gasteiger partial charge >= 0.3 is 0 Å². The minimum Gasteiger partial charge on any atom is -0.507 e. The fourth-order valence-corrected chi connectivity index (χ4v) is 2.80. The molecule has 0 amide bonds. The second kappa shape index (κ2) is 6.10. The van der Waals surface area contributed by atoms with Crippen LogP contribution in [0.3, 0.4) is 0 Å². The third-order valence-electron chi connectivity index (χ3n) is 3.54. The number of nitrogens with one attached hydrogen (secondary N) is 1. The van der Waals surface area contributed by atoms with E-state index in [1.54, 1.807) is 17.8 Å². The Hall–Kier alpha value is -2.13. The lowest BCUT2D eigenvalue weighted by Crippen LogP contribution is -1.99. The van der Waals surface area contributed by atoms with Gasteiger partial charge in [-0.25, -0.2) is 0 Å². The molecule has 21 heavy (non-hydrogen) atoms. The molecule has 2 nitrogen and oxygen atoms in total. The highest BCUT2D eigenvalue weighted by Gasteiger charge is 2.03. The first-order chi connectivity index (χ1) is 10.3. The van der Waals surface area contributed by atoms with Crippen LogP contribution in [-0.2, 0) is 6.54 Å². The van der Waals surface area contributed by atoms with E-state index in [2.05, 4.69) is 35.8 Å². The van der Waals surface area contributed by atoms with Gasteiger partial charge in [0.05, 0.1) is 0 Å². The lowest BCUT2D eigenvalue weighted by Gasteiger charge is -2.11. The molecular weight excluding hydrogens is 278 g/mol. The van der Waals surface area contributed by atoms with E-state index >= 15 is 0 Å². The number of hydrogen-bond acceptors (Lipinski definition) is 3. The highest BCUT2D eigenvalue weighted by atomic mass is 32.2. The molecule has 0 saturated heterocycles. The minimum absolute atomic E-state index is 0.320. The first-order valence-electron chi connectivity index (χ1n) is 6.85. The van der Waals surface area contributed by atoms with E-state index in [0.717, 1.165) is 23.0 Å². The highest BCUT2D eigenvalue weighted by molar-refractivity contribution is 7.98. The number of thioether (sulfide) groups is 1. The standard InChI is InChI=1S/C18H17NOS/c1-21-14-10-8-13(9-11-14)12-19-17-6-2-5-16-15(17)4-3-7-18(16)20/h2-11,19-20H,12H2,1H3. The summed E-state index contributed by atoms with van der Waals surface area (Å²) < 4.78 is 0. The van der Waals surface area contributed by atoms with E-state index in [4.69, 9.17) is 0 Å². The third kappa shape index (κ3) is 2.98.